The van der Waals surface area contributed by atoms with Crippen LogP contribution in [0.15, 0.2) is 42.6 Å². The van der Waals surface area contributed by atoms with Gasteiger partial charge in [0.05, 0.1) is 18.3 Å². The number of aliphatic hydroxyl groups excluding tert-OH is 1. The van der Waals surface area contributed by atoms with E-state index in [1.807, 2.05) is 42.6 Å². The normalized spacial score (nSPS) is 12.7. The van der Waals surface area contributed by atoms with Crippen LogP contribution >= 0.6 is 0 Å². The Balaban J connectivity index is 2.21. The Morgan fingerprint density at radius 1 is 1.27 bits per heavy atom. The van der Waals surface area contributed by atoms with Crippen LogP contribution in [0, 0.1) is 0 Å². The fraction of sp³-hybridized carbons (Fsp3) is 0.250. The average molecular weight is 202 g/mol. The molecule has 2 rings (SSSR count). The van der Waals surface area contributed by atoms with Crippen LogP contribution in [0.4, 0.5) is 0 Å². The fourth-order valence-corrected chi connectivity index (χ4v) is 1.50. The third-order valence-electron chi connectivity index (χ3n) is 2.16. The van der Waals surface area contributed by atoms with Crippen LogP contribution in [0.1, 0.15) is 6.92 Å². The van der Waals surface area contributed by atoms with Gasteiger partial charge in [0.25, 0.3) is 0 Å². The Bertz CT molecular complexity index is 420. The molecule has 1 unspecified atom stereocenters. The highest BCUT2D eigenvalue weighted by Crippen LogP contribution is 2.15. The van der Waals surface area contributed by atoms with Crippen molar-refractivity contribution in [3.05, 3.63) is 42.6 Å². The summed E-state index contributed by atoms with van der Waals surface area (Å²) in [6.45, 7) is 2.29. The van der Waals surface area contributed by atoms with Gasteiger partial charge < -0.3 is 5.11 Å². The summed E-state index contributed by atoms with van der Waals surface area (Å²) in [5, 5.41) is 13.6. The Morgan fingerprint density at radius 3 is 2.67 bits per heavy atom. The van der Waals surface area contributed by atoms with Gasteiger partial charge in [-0.25, -0.2) is 0 Å². The number of aromatic nitrogens is 2. The van der Waals surface area contributed by atoms with Gasteiger partial charge >= 0.3 is 0 Å². The van der Waals surface area contributed by atoms with E-state index in [-0.39, 0.29) is 6.10 Å². The summed E-state index contributed by atoms with van der Waals surface area (Å²) in [6, 6.07) is 12.0. The third-order valence-corrected chi connectivity index (χ3v) is 2.16. The van der Waals surface area contributed by atoms with Crippen molar-refractivity contribution in [3.63, 3.8) is 0 Å². The first kappa shape index (κ1) is 9.93. The van der Waals surface area contributed by atoms with Gasteiger partial charge in [-0.3, -0.25) is 4.68 Å². The second kappa shape index (κ2) is 4.28. The molecule has 0 amide bonds. The van der Waals surface area contributed by atoms with E-state index in [0.717, 1.165) is 11.3 Å². The molecule has 3 nitrogen and oxygen atoms in total. The Morgan fingerprint density at radius 2 is 2.00 bits per heavy atom. The van der Waals surface area contributed by atoms with Gasteiger partial charge in [0.15, 0.2) is 0 Å². The molecule has 0 aliphatic rings. The van der Waals surface area contributed by atoms with Crippen LogP contribution in [0.2, 0.25) is 0 Å². The van der Waals surface area contributed by atoms with Gasteiger partial charge in [0.2, 0.25) is 0 Å². The predicted octanol–water partition coefficient (Wildman–Crippen LogP) is 1.93. The molecule has 0 fully saturated rings. The monoisotopic (exact) mass is 202 g/mol. The first-order chi connectivity index (χ1) is 7.25. The summed E-state index contributed by atoms with van der Waals surface area (Å²) >= 11 is 0. The zero-order chi connectivity index (χ0) is 10.7. The summed E-state index contributed by atoms with van der Waals surface area (Å²) in [5.41, 5.74) is 2.04. The number of rotatable bonds is 3. The first-order valence-electron chi connectivity index (χ1n) is 5.02. The maximum atomic E-state index is 9.22. The molecule has 1 aromatic heterocycles. The molecule has 3 heteroatoms. The zero-order valence-electron chi connectivity index (χ0n) is 8.67. The van der Waals surface area contributed by atoms with Gasteiger partial charge in [-0.1, -0.05) is 30.3 Å². The van der Waals surface area contributed by atoms with Crippen molar-refractivity contribution in [2.45, 2.75) is 19.6 Å². The molecule has 78 valence electrons. The van der Waals surface area contributed by atoms with E-state index in [0.29, 0.717) is 6.54 Å². The lowest BCUT2D eigenvalue weighted by atomic mass is 10.2. The smallest absolute Gasteiger partial charge is 0.0923 e. The topological polar surface area (TPSA) is 38.0 Å². The summed E-state index contributed by atoms with van der Waals surface area (Å²) in [7, 11) is 0. The second-order valence-electron chi connectivity index (χ2n) is 3.64. The van der Waals surface area contributed by atoms with Crippen molar-refractivity contribution in [2.75, 3.05) is 0 Å². The number of benzene rings is 1. The van der Waals surface area contributed by atoms with E-state index in [4.69, 9.17) is 0 Å². The second-order valence-corrected chi connectivity index (χ2v) is 3.64. The zero-order valence-corrected chi connectivity index (χ0v) is 8.67. The SMILES string of the molecule is CC(O)Cn1ccc(-c2ccccc2)n1. The van der Waals surface area contributed by atoms with Crippen molar-refractivity contribution in [1.29, 1.82) is 0 Å². The highest BCUT2D eigenvalue weighted by Gasteiger charge is 2.03. The molecule has 0 bridgehead atoms. The van der Waals surface area contributed by atoms with Crippen LogP contribution in [-0.4, -0.2) is 21.0 Å². The van der Waals surface area contributed by atoms with Crippen LogP contribution in [0.25, 0.3) is 11.3 Å². The van der Waals surface area contributed by atoms with E-state index in [1.54, 1.807) is 11.6 Å². The van der Waals surface area contributed by atoms with Crippen LogP contribution < -0.4 is 0 Å². The largest absolute Gasteiger partial charge is 0.391 e. The minimum absolute atomic E-state index is 0.367. The minimum Gasteiger partial charge on any atom is -0.391 e. The van der Waals surface area contributed by atoms with Crippen molar-refractivity contribution in [1.82, 2.24) is 9.78 Å². The molecule has 1 atom stereocenters. The summed E-state index contributed by atoms with van der Waals surface area (Å²) in [5.74, 6) is 0. The van der Waals surface area contributed by atoms with Crippen molar-refractivity contribution >= 4 is 0 Å². The first-order valence-corrected chi connectivity index (χ1v) is 5.02. The molecular formula is C12H14N2O. The summed E-state index contributed by atoms with van der Waals surface area (Å²) in [4.78, 5) is 0. The molecule has 1 heterocycles. The molecule has 15 heavy (non-hydrogen) atoms. The van der Waals surface area contributed by atoms with Crippen molar-refractivity contribution < 1.29 is 5.11 Å². The molecule has 1 N–H and O–H groups in total. The van der Waals surface area contributed by atoms with Gasteiger partial charge in [-0.05, 0) is 13.0 Å². The van der Waals surface area contributed by atoms with E-state index in [9.17, 15) is 5.11 Å². The molecule has 0 radical (unpaired) electrons. The maximum Gasteiger partial charge on any atom is 0.0923 e. The lowest BCUT2D eigenvalue weighted by molar-refractivity contribution is 0.168. The molecule has 0 saturated carbocycles. The van der Waals surface area contributed by atoms with E-state index < -0.39 is 0 Å². The number of aliphatic hydroxyl groups is 1. The maximum absolute atomic E-state index is 9.22. The summed E-state index contributed by atoms with van der Waals surface area (Å²) < 4.78 is 1.76. The summed E-state index contributed by atoms with van der Waals surface area (Å²) in [6.07, 6.45) is 1.52. The van der Waals surface area contributed by atoms with Gasteiger partial charge in [-0.2, -0.15) is 5.10 Å². The third kappa shape index (κ3) is 2.44. The number of hydrogen-bond acceptors (Lipinski definition) is 2. The molecule has 1 aromatic carbocycles. The highest BCUT2D eigenvalue weighted by molar-refractivity contribution is 5.57. The minimum atomic E-state index is -0.367. The molecule has 0 spiro atoms. The molecular weight excluding hydrogens is 188 g/mol. The number of nitrogens with zero attached hydrogens (tertiary/aromatic N) is 2. The van der Waals surface area contributed by atoms with Crippen LogP contribution in [-0.2, 0) is 6.54 Å². The van der Waals surface area contributed by atoms with E-state index in [2.05, 4.69) is 5.10 Å². The van der Waals surface area contributed by atoms with Crippen LogP contribution in [0.5, 0.6) is 0 Å². The van der Waals surface area contributed by atoms with E-state index >= 15 is 0 Å². The molecule has 0 aliphatic carbocycles. The standard InChI is InChI=1S/C12H14N2O/c1-10(15)9-14-8-7-12(13-14)11-5-3-2-4-6-11/h2-8,10,15H,9H2,1H3. The van der Waals surface area contributed by atoms with Crippen molar-refractivity contribution in [3.8, 4) is 11.3 Å². The quantitative estimate of drug-likeness (QED) is 0.825. The van der Waals surface area contributed by atoms with Gasteiger partial charge in [0, 0.05) is 11.8 Å². The van der Waals surface area contributed by atoms with E-state index in [1.165, 1.54) is 0 Å². The lowest BCUT2D eigenvalue weighted by Gasteiger charge is -2.03. The van der Waals surface area contributed by atoms with Gasteiger partial charge in [0.1, 0.15) is 0 Å². The van der Waals surface area contributed by atoms with Crippen LogP contribution in [0.3, 0.4) is 0 Å². The average Bonchev–Trinajstić information content (AvgIpc) is 2.67. The molecule has 0 saturated heterocycles. The Labute approximate surface area is 89.0 Å². The highest BCUT2D eigenvalue weighted by atomic mass is 16.3. The predicted molar refractivity (Wildman–Crippen MR) is 59.3 cm³/mol. The lowest BCUT2D eigenvalue weighted by Crippen LogP contribution is -2.11. The number of hydrogen-bond donors (Lipinski definition) is 1. The molecule has 0 aliphatic heterocycles. The molecule has 2 aromatic rings. The fourth-order valence-electron chi connectivity index (χ4n) is 1.50. The Kier molecular flexibility index (Phi) is 2.83. The van der Waals surface area contributed by atoms with Gasteiger partial charge in [-0.15, -0.1) is 0 Å². The Hall–Kier alpha value is -1.61. The van der Waals surface area contributed by atoms with Crippen molar-refractivity contribution in [2.24, 2.45) is 0 Å².